The monoisotopic (exact) mass is 322 g/mol. The molecule has 0 saturated carbocycles. The Bertz CT molecular complexity index is 553. The van der Waals surface area contributed by atoms with Crippen molar-refractivity contribution >= 4 is 11.8 Å². The van der Waals surface area contributed by atoms with Crippen molar-refractivity contribution in [3.05, 3.63) is 36.3 Å². The third kappa shape index (κ3) is 5.52. The van der Waals surface area contributed by atoms with Crippen LogP contribution in [0.25, 0.3) is 0 Å². The van der Waals surface area contributed by atoms with E-state index in [1.807, 2.05) is 11.8 Å². The van der Waals surface area contributed by atoms with Gasteiger partial charge in [0.25, 0.3) is 0 Å². The number of amides is 2. The van der Waals surface area contributed by atoms with Crippen molar-refractivity contribution in [1.29, 1.82) is 0 Å². The molecule has 2 heterocycles. The highest BCUT2D eigenvalue weighted by Gasteiger charge is 2.26. The number of carbonyl (C=O) groups is 1. The largest absolute Gasteiger partial charge is 0.375 e. The number of carbonyl (C=O) groups excluding carboxylic acids is 1. The molecule has 1 fully saturated rings. The predicted molar refractivity (Wildman–Crippen MR) is 87.0 cm³/mol. The lowest BCUT2D eigenvalue weighted by Gasteiger charge is -2.18. The van der Waals surface area contributed by atoms with E-state index in [4.69, 9.17) is 4.74 Å². The molecule has 7 heteroatoms. The van der Waals surface area contributed by atoms with Crippen LogP contribution in [-0.4, -0.2) is 49.9 Å². The van der Waals surface area contributed by atoms with Gasteiger partial charge >= 0.3 is 6.03 Å². The zero-order valence-corrected chi connectivity index (χ0v) is 13.3. The molecule has 0 aromatic carbocycles. The molecule has 1 unspecified atom stereocenters. The third-order valence-electron chi connectivity index (χ3n) is 3.44. The maximum Gasteiger partial charge on any atom is 0.315 e. The second kappa shape index (κ2) is 8.47. The van der Waals surface area contributed by atoms with Crippen LogP contribution in [0.1, 0.15) is 13.3 Å². The van der Waals surface area contributed by atoms with Crippen LogP contribution in [0.4, 0.5) is 15.0 Å². The molecule has 1 aliphatic heterocycles. The van der Waals surface area contributed by atoms with Crippen molar-refractivity contribution in [2.45, 2.75) is 19.4 Å². The average Bonchev–Trinajstić information content (AvgIpc) is 2.95. The van der Waals surface area contributed by atoms with Crippen molar-refractivity contribution < 1.29 is 13.9 Å². The van der Waals surface area contributed by atoms with Gasteiger partial charge in [-0.25, -0.2) is 14.2 Å². The van der Waals surface area contributed by atoms with Gasteiger partial charge in [-0.1, -0.05) is 12.2 Å². The Morgan fingerprint density at radius 3 is 3.17 bits per heavy atom. The van der Waals surface area contributed by atoms with Gasteiger partial charge in [0.2, 0.25) is 0 Å². The first-order valence-corrected chi connectivity index (χ1v) is 7.68. The predicted octanol–water partition coefficient (Wildman–Crippen LogP) is 1.69. The SMILES string of the molecule is C=C(C)COCCNC(=O)NC1CCN(c2ncccc2F)C1. The summed E-state index contributed by atoms with van der Waals surface area (Å²) in [6.07, 6.45) is 2.33. The molecule has 0 radical (unpaired) electrons. The van der Waals surface area contributed by atoms with E-state index < -0.39 is 0 Å². The Labute approximate surface area is 135 Å². The van der Waals surface area contributed by atoms with Crippen LogP contribution < -0.4 is 15.5 Å². The van der Waals surface area contributed by atoms with E-state index in [0.717, 1.165) is 12.0 Å². The number of aromatic nitrogens is 1. The molecule has 1 aliphatic rings. The van der Waals surface area contributed by atoms with E-state index >= 15 is 0 Å². The fourth-order valence-electron chi connectivity index (χ4n) is 2.40. The molecule has 23 heavy (non-hydrogen) atoms. The van der Waals surface area contributed by atoms with E-state index in [9.17, 15) is 9.18 Å². The molecule has 6 nitrogen and oxygen atoms in total. The summed E-state index contributed by atoms with van der Waals surface area (Å²) >= 11 is 0. The molecular weight excluding hydrogens is 299 g/mol. The Morgan fingerprint density at radius 2 is 2.43 bits per heavy atom. The van der Waals surface area contributed by atoms with Crippen LogP contribution in [0.2, 0.25) is 0 Å². The summed E-state index contributed by atoms with van der Waals surface area (Å²) in [5.74, 6) is -0.00216. The lowest BCUT2D eigenvalue weighted by atomic mass is 10.3. The fourth-order valence-corrected chi connectivity index (χ4v) is 2.40. The minimum Gasteiger partial charge on any atom is -0.375 e. The highest BCUT2D eigenvalue weighted by atomic mass is 19.1. The molecule has 0 spiro atoms. The van der Waals surface area contributed by atoms with Gasteiger partial charge in [-0.2, -0.15) is 0 Å². The molecule has 126 valence electrons. The number of pyridine rings is 1. The molecule has 1 saturated heterocycles. The first-order valence-electron chi connectivity index (χ1n) is 7.68. The topological polar surface area (TPSA) is 66.5 Å². The average molecular weight is 322 g/mol. The van der Waals surface area contributed by atoms with Gasteiger partial charge < -0.3 is 20.3 Å². The van der Waals surface area contributed by atoms with Crippen LogP contribution in [0.15, 0.2) is 30.5 Å². The maximum absolute atomic E-state index is 13.7. The van der Waals surface area contributed by atoms with Crippen LogP contribution >= 0.6 is 0 Å². The highest BCUT2D eigenvalue weighted by molar-refractivity contribution is 5.74. The quantitative estimate of drug-likeness (QED) is 0.592. The van der Waals surface area contributed by atoms with Gasteiger partial charge in [0.1, 0.15) is 0 Å². The number of hydrogen-bond donors (Lipinski definition) is 2. The van der Waals surface area contributed by atoms with Gasteiger partial charge in [-0.3, -0.25) is 0 Å². The zero-order chi connectivity index (χ0) is 16.7. The van der Waals surface area contributed by atoms with Crippen molar-refractivity contribution in [3.63, 3.8) is 0 Å². The summed E-state index contributed by atoms with van der Waals surface area (Å²) in [5, 5.41) is 5.62. The number of ether oxygens (including phenoxy) is 1. The molecule has 2 rings (SSSR count). The Hall–Kier alpha value is -2.15. The van der Waals surface area contributed by atoms with E-state index in [1.54, 1.807) is 12.3 Å². The van der Waals surface area contributed by atoms with E-state index in [1.165, 1.54) is 6.07 Å². The number of rotatable bonds is 7. The lowest BCUT2D eigenvalue weighted by Crippen LogP contribution is -2.44. The minimum absolute atomic E-state index is 0.0206. The molecule has 2 N–H and O–H groups in total. The van der Waals surface area contributed by atoms with Crippen LogP contribution in [0.5, 0.6) is 0 Å². The Kier molecular flexibility index (Phi) is 6.34. The lowest BCUT2D eigenvalue weighted by molar-refractivity contribution is 0.157. The molecule has 0 bridgehead atoms. The van der Waals surface area contributed by atoms with Crippen molar-refractivity contribution in [2.24, 2.45) is 0 Å². The second-order valence-electron chi connectivity index (χ2n) is 5.65. The van der Waals surface area contributed by atoms with Crippen molar-refractivity contribution in [2.75, 3.05) is 37.7 Å². The Balaban J connectivity index is 1.68. The van der Waals surface area contributed by atoms with Crippen LogP contribution in [0.3, 0.4) is 0 Å². The third-order valence-corrected chi connectivity index (χ3v) is 3.44. The molecule has 1 aromatic rings. The van der Waals surface area contributed by atoms with E-state index in [2.05, 4.69) is 22.2 Å². The summed E-state index contributed by atoms with van der Waals surface area (Å²) in [6.45, 7) is 8.21. The zero-order valence-electron chi connectivity index (χ0n) is 13.3. The second-order valence-corrected chi connectivity index (χ2v) is 5.65. The first kappa shape index (κ1) is 17.2. The summed E-state index contributed by atoms with van der Waals surface area (Å²) in [5.41, 5.74) is 0.947. The van der Waals surface area contributed by atoms with Crippen molar-refractivity contribution in [3.8, 4) is 0 Å². The summed E-state index contributed by atoms with van der Waals surface area (Å²) in [4.78, 5) is 17.7. The van der Waals surface area contributed by atoms with E-state index in [-0.39, 0.29) is 17.9 Å². The standard InChI is InChI=1S/C16H23FN4O2/c1-12(2)11-23-9-7-19-16(22)20-13-5-8-21(10-13)15-14(17)4-3-6-18-15/h3-4,6,13H,1,5,7-11H2,2H3,(H2,19,20,22). The molecule has 1 atom stereocenters. The first-order chi connectivity index (χ1) is 11.1. The number of nitrogens with one attached hydrogen (secondary N) is 2. The smallest absolute Gasteiger partial charge is 0.315 e. The minimum atomic E-state index is -0.340. The van der Waals surface area contributed by atoms with E-state index in [0.29, 0.717) is 38.7 Å². The number of nitrogens with zero attached hydrogens (tertiary/aromatic N) is 2. The normalized spacial score (nSPS) is 17.1. The highest BCUT2D eigenvalue weighted by Crippen LogP contribution is 2.20. The summed E-state index contributed by atoms with van der Waals surface area (Å²) in [7, 11) is 0. The molecule has 1 aromatic heterocycles. The van der Waals surface area contributed by atoms with Crippen molar-refractivity contribution in [1.82, 2.24) is 15.6 Å². The Morgan fingerprint density at radius 1 is 1.61 bits per heavy atom. The van der Waals surface area contributed by atoms with Gasteiger partial charge in [-0.15, -0.1) is 0 Å². The fraction of sp³-hybridized carbons (Fsp3) is 0.500. The summed E-state index contributed by atoms with van der Waals surface area (Å²) in [6, 6.07) is 2.69. The van der Waals surface area contributed by atoms with Crippen LogP contribution in [-0.2, 0) is 4.74 Å². The van der Waals surface area contributed by atoms with Gasteiger partial charge in [-0.05, 0) is 25.5 Å². The van der Waals surface area contributed by atoms with Gasteiger partial charge in [0.05, 0.1) is 13.2 Å². The van der Waals surface area contributed by atoms with Gasteiger partial charge in [0.15, 0.2) is 11.6 Å². The molecular formula is C16H23FN4O2. The molecule has 0 aliphatic carbocycles. The number of urea groups is 1. The van der Waals surface area contributed by atoms with Gasteiger partial charge in [0, 0.05) is 31.9 Å². The maximum atomic E-state index is 13.7. The molecule has 2 amide bonds. The van der Waals surface area contributed by atoms with Crippen LogP contribution in [0, 0.1) is 5.82 Å². The number of hydrogen-bond acceptors (Lipinski definition) is 4. The summed E-state index contributed by atoms with van der Waals surface area (Å²) < 4.78 is 19.0. The number of halogens is 1. The number of anilines is 1.